The predicted molar refractivity (Wildman–Crippen MR) is 101 cm³/mol. The van der Waals surface area contributed by atoms with Crippen LogP contribution in [0.15, 0.2) is 48.5 Å². The lowest BCUT2D eigenvalue weighted by Crippen LogP contribution is -2.43. The molecule has 134 valence electrons. The standard InChI is InChI=1S/C19H22N2O3.ClH/c1-14-6-8-16(9-7-14)24-18-5-3-2-4-17(18)21-19(22)12-15-13-23-11-10-20-15;/h2-9,15,20H,10-13H2,1H3,(H,21,22);1H. The summed E-state index contributed by atoms with van der Waals surface area (Å²) in [6.45, 7) is 4.08. The maximum absolute atomic E-state index is 12.3. The van der Waals surface area contributed by atoms with Crippen molar-refractivity contribution in [2.45, 2.75) is 19.4 Å². The third-order valence-electron chi connectivity index (χ3n) is 3.84. The van der Waals surface area contributed by atoms with Gasteiger partial charge in [-0.3, -0.25) is 4.79 Å². The minimum atomic E-state index is -0.0574. The minimum absolute atomic E-state index is 0. The topological polar surface area (TPSA) is 59.6 Å². The molecule has 0 spiro atoms. The Labute approximate surface area is 154 Å². The number of hydrogen-bond acceptors (Lipinski definition) is 4. The number of para-hydroxylation sites is 2. The largest absolute Gasteiger partial charge is 0.455 e. The van der Waals surface area contributed by atoms with Gasteiger partial charge in [-0.1, -0.05) is 29.8 Å². The molecular weight excluding hydrogens is 340 g/mol. The van der Waals surface area contributed by atoms with Crippen LogP contribution in [0.1, 0.15) is 12.0 Å². The predicted octanol–water partition coefficient (Wildman–Crippen LogP) is 3.53. The molecule has 2 aromatic carbocycles. The van der Waals surface area contributed by atoms with E-state index in [4.69, 9.17) is 9.47 Å². The molecule has 25 heavy (non-hydrogen) atoms. The molecule has 1 amide bonds. The molecule has 3 rings (SSSR count). The normalized spacial score (nSPS) is 16.6. The highest BCUT2D eigenvalue weighted by molar-refractivity contribution is 5.92. The maximum atomic E-state index is 12.3. The molecule has 6 heteroatoms. The number of carbonyl (C=O) groups is 1. The molecule has 1 heterocycles. The highest BCUT2D eigenvalue weighted by Gasteiger charge is 2.17. The lowest BCUT2D eigenvalue weighted by atomic mass is 10.2. The zero-order valence-corrected chi connectivity index (χ0v) is 15.0. The number of amides is 1. The van der Waals surface area contributed by atoms with E-state index in [1.165, 1.54) is 5.56 Å². The number of hydrogen-bond donors (Lipinski definition) is 2. The van der Waals surface area contributed by atoms with Gasteiger partial charge < -0.3 is 20.1 Å². The van der Waals surface area contributed by atoms with Gasteiger partial charge in [-0.15, -0.1) is 12.4 Å². The first-order valence-corrected chi connectivity index (χ1v) is 8.15. The Morgan fingerprint density at radius 2 is 2.00 bits per heavy atom. The monoisotopic (exact) mass is 362 g/mol. The highest BCUT2D eigenvalue weighted by atomic mass is 35.5. The average molecular weight is 363 g/mol. The summed E-state index contributed by atoms with van der Waals surface area (Å²) in [5.41, 5.74) is 1.84. The van der Waals surface area contributed by atoms with Crippen LogP contribution < -0.4 is 15.4 Å². The summed E-state index contributed by atoms with van der Waals surface area (Å²) in [6.07, 6.45) is 0.374. The van der Waals surface area contributed by atoms with E-state index in [0.717, 1.165) is 12.3 Å². The van der Waals surface area contributed by atoms with Gasteiger partial charge in [0.05, 0.1) is 18.9 Å². The minimum Gasteiger partial charge on any atom is -0.455 e. The van der Waals surface area contributed by atoms with Gasteiger partial charge in [-0.2, -0.15) is 0 Å². The molecule has 0 saturated carbocycles. The van der Waals surface area contributed by atoms with Gasteiger partial charge in [0.2, 0.25) is 5.91 Å². The van der Waals surface area contributed by atoms with Gasteiger partial charge in [0, 0.05) is 19.0 Å². The number of nitrogens with one attached hydrogen (secondary N) is 2. The molecule has 2 N–H and O–H groups in total. The third-order valence-corrected chi connectivity index (χ3v) is 3.84. The van der Waals surface area contributed by atoms with Crippen molar-refractivity contribution in [3.63, 3.8) is 0 Å². The Morgan fingerprint density at radius 1 is 1.24 bits per heavy atom. The van der Waals surface area contributed by atoms with Gasteiger partial charge >= 0.3 is 0 Å². The Bertz CT molecular complexity index is 685. The summed E-state index contributed by atoms with van der Waals surface area (Å²) < 4.78 is 11.3. The number of halogens is 1. The van der Waals surface area contributed by atoms with Crippen LogP contribution in [0.25, 0.3) is 0 Å². The second-order valence-corrected chi connectivity index (χ2v) is 5.89. The summed E-state index contributed by atoms with van der Waals surface area (Å²) >= 11 is 0. The molecule has 5 nitrogen and oxygen atoms in total. The zero-order valence-electron chi connectivity index (χ0n) is 14.2. The van der Waals surface area contributed by atoms with E-state index in [-0.39, 0.29) is 24.4 Å². The van der Waals surface area contributed by atoms with Crippen molar-refractivity contribution < 1.29 is 14.3 Å². The zero-order chi connectivity index (χ0) is 16.8. The maximum Gasteiger partial charge on any atom is 0.226 e. The molecule has 0 radical (unpaired) electrons. The first kappa shape index (κ1) is 19.2. The highest BCUT2D eigenvalue weighted by Crippen LogP contribution is 2.29. The molecule has 1 aliphatic heterocycles. The summed E-state index contributed by atoms with van der Waals surface area (Å²) in [6, 6.07) is 15.3. The average Bonchev–Trinajstić information content (AvgIpc) is 2.59. The number of aryl methyl sites for hydroxylation is 1. The Hall–Kier alpha value is -2.08. The summed E-state index contributed by atoms with van der Waals surface area (Å²) in [5.74, 6) is 1.31. The van der Waals surface area contributed by atoms with Crippen LogP contribution in [-0.2, 0) is 9.53 Å². The molecule has 1 fully saturated rings. The fraction of sp³-hybridized carbons (Fsp3) is 0.316. The Morgan fingerprint density at radius 3 is 2.72 bits per heavy atom. The second kappa shape index (κ2) is 9.42. The number of carbonyl (C=O) groups excluding carboxylic acids is 1. The molecule has 1 aliphatic rings. The van der Waals surface area contributed by atoms with Crippen molar-refractivity contribution >= 4 is 24.0 Å². The van der Waals surface area contributed by atoms with E-state index in [1.54, 1.807) is 0 Å². The summed E-state index contributed by atoms with van der Waals surface area (Å²) in [5, 5.41) is 6.21. The molecule has 0 aromatic heterocycles. The van der Waals surface area contributed by atoms with E-state index in [9.17, 15) is 4.79 Å². The molecule has 1 atom stereocenters. The molecule has 1 saturated heterocycles. The van der Waals surface area contributed by atoms with Crippen molar-refractivity contribution in [3.05, 3.63) is 54.1 Å². The third kappa shape index (κ3) is 5.74. The van der Waals surface area contributed by atoms with Gasteiger partial charge in [-0.25, -0.2) is 0 Å². The van der Waals surface area contributed by atoms with Gasteiger partial charge in [0.1, 0.15) is 5.75 Å². The lowest BCUT2D eigenvalue weighted by molar-refractivity contribution is -0.117. The SMILES string of the molecule is Cc1ccc(Oc2ccccc2NC(=O)CC2COCCN2)cc1.Cl. The number of morpholine rings is 1. The van der Waals surface area contributed by atoms with Crippen LogP contribution in [0, 0.1) is 6.92 Å². The second-order valence-electron chi connectivity index (χ2n) is 5.89. The van der Waals surface area contributed by atoms with E-state index in [2.05, 4.69) is 10.6 Å². The Balaban J connectivity index is 0.00000225. The lowest BCUT2D eigenvalue weighted by Gasteiger charge is -2.23. The van der Waals surface area contributed by atoms with E-state index >= 15 is 0 Å². The first-order valence-electron chi connectivity index (χ1n) is 8.15. The number of anilines is 1. The summed E-state index contributed by atoms with van der Waals surface area (Å²) in [4.78, 5) is 12.3. The summed E-state index contributed by atoms with van der Waals surface area (Å²) in [7, 11) is 0. The van der Waals surface area contributed by atoms with Crippen molar-refractivity contribution in [2.24, 2.45) is 0 Å². The quantitative estimate of drug-likeness (QED) is 0.854. The van der Waals surface area contributed by atoms with Crippen molar-refractivity contribution in [2.75, 3.05) is 25.1 Å². The van der Waals surface area contributed by atoms with Crippen LogP contribution >= 0.6 is 12.4 Å². The van der Waals surface area contributed by atoms with Crippen molar-refractivity contribution in [1.82, 2.24) is 5.32 Å². The van der Waals surface area contributed by atoms with E-state index in [0.29, 0.717) is 31.1 Å². The first-order chi connectivity index (χ1) is 11.7. The molecular formula is C19H23ClN2O3. The Kier molecular flexibility index (Phi) is 7.25. The van der Waals surface area contributed by atoms with Crippen molar-refractivity contribution in [3.8, 4) is 11.5 Å². The van der Waals surface area contributed by atoms with Gasteiger partial charge in [0.25, 0.3) is 0 Å². The van der Waals surface area contributed by atoms with Crippen LogP contribution in [-0.4, -0.2) is 31.7 Å². The number of rotatable bonds is 5. The van der Waals surface area contributed by atoms with Gasteiger partial charge in [0.15, 0.2) is 5.75 Å². The van der Waals surface area contributed by atoms with Crippen LogP contribution in [0.3, 0.4) is 0 Å². The molecule has 2 aromatic rings. The van der Waals surface area contributed by atoms with E-state index in [1.807, 2.05) is 55.5 Å². The smallest absolute Gasteiger partial charge is 0.226 e. The number of ether oxygens (including phenoxy) is 2. The fourth-order valence-corrected chi connectivity index (χ4v) is 2.57. The van der Waals surface area contributed by atoms with Crippen LogP contribution in [0.4, 0.5) is 5.69 Å². The van der Waals surface area contributed by atoms with Gasteiger partial charge in [-0.05, 0) is 31.2 Å². The molecule has 0 aliphatic carbocycles. The van der Waals surface area contributed by atoms with Crippen LogP contribution in [0.2, 0.25) is 0 Å². The van der Waals surface area contributed by atoms with E-state index < -0.39 is 0 Å². The number of benzene rings is 2. The van der Waals surface area contributed by atoms with Crippen LogP contribution in [0.5, 0.6) is 11.5 Å². The molecule has 1 unspecified atom stereocenters. The fourth-order valence-electron chi connectivity index (χ4n) is 2.57. The van der Waals surface area contributed by atoms with Crippen molar-refractivity contribution in [1.29, 1.82) is 0 Å². The molecule has 0 bridgehead atoms.